The molecule has 2 atom stereocenters. The van der Waals surface area contributed by atoms with Crippen LogP contribution in [0.25, 0.3) is 11.3 Å². The molecule has 15 heteroatoms. The molecule has 0 aliphatic heterocycles. The van der Waals surface area contributed by atoms with E-state index in [0.29, 0.717) is 28.1 Å². The molecule has 0 radical (unpaired) electrons. The van der Waals surface area contributed by atoms with Crippen LogP contribution in [0.2, 0.25) is 0 Å². The summed E-state index contributed by atoms with van der Waals surface area (Å²) in [6.07, 6.45) is 0.934. The zero-order chi connectivity index (χ0) is 36.0. The number of carbonyl (C=O) groups is 4. The Morgan fingerprint density at radius 3 is 2.15 bits per heavy atom. The van der Waals surface area contributed by atoms with Crippen molar-refractivity contribution >= 4 is 23.9 Å². The second-order valence-electron chi connectivity index (χ2n) is 12.9. The van der Waals surface area contributed by atoms with Gasteiger partial charge in [-0.05, 0) is 93.6 Å². The first-order valence-corrected chi connectivity index (χ1v) is 15.8. The number of amides is 3. The molecule has 8 N–H and O–H groups in total. The third kappa shape index (κ3) is 11.2. The summed E-state index contributed by atoms with van der Waals surface area (Å²) < 4.78 is 10.7. The number of carbonyl (C=O) groups excluding carboxylic acids is 4. The molecular formula is C37H46LiN5O9. The van der Waals surface area contributed by atoms with Crippen molar-refractivity contribution in [2.45, 2.75) is 72.2 Å². The first-order valence-electron chi connectivity index (χ1n) is 15.8. The van der Waals surface area contributed by atoms with Gasteiger partial charge in [-0.3, -0.25) is 9.59 Å². The quantitative estimate of drug-likeness (QED) is 0.165. The van der Waals surface area contributed by atoms with Crippen molar-refractivity contribution in [3.05, 3.63) is 106 Å². The number of aromatic amines is 1. The van der Waals surface area contributed by atoms with Crippen LogP contribution < -0.4 is 39.8 Å². The van der Waals surface area contributed by atoms with Crippen LogP contribution in [0.1, 0.15) is 82.5 Å². The maximum Gasteiger partial charge on any atom is 1.00 e. The van der Waals surface area contributed by atoms with Crippen LogP contribution in [0.5, 0.6) is 5.75 Å². The Hall–Kier alpha value is -5.13. The predicted octanol–water partition coefficient (Wildman–Crippen LogP) is -0.255. The summed E-state index contributed by atoms with van der Waals surface area (Å²) in [7, 11) is 1.35. The van der Waals surface area contributed by atoms with Gasteiger partial charge >= 0.3 is 25.0 Å². The molecule has 14 nitrogen and oxygen atoms in total. The van der Waals surface area contributed by atoms with E-state index in [1.54, 1.807) is 65.9 Å². The number of hydrogen-bond donors (Lipinski definition) is 3. The van der Waals surface area contributed by atoms with Crippen LogP contribution in [0, 0.1) is 13.8 Å². The topological polar surface area (TPSA) is 243 Å². The van der Waals surface area contributed by atoms with Gasteiger partial charge in [-0.15, -0.1) is 0 Å². The molecule has 0 aliphatic rings. The van der Waals surface area contributed by atoms with Gasteiger partial charge in [0.05, 0.1) is 31.0 Å². The van der Waals surface area contributed by atoms with E-state index in [0.717, 1.165) is 16.8 Å². The second-order valence-corrected chi connectivity index (χ2v) is 12.9. The Bertz CT molecular complexity index is 1830. The van der Waals surface area contributed by atoms with E-state index < -0.39 is 41.6 Å². The van der Waals surface area contributed by atoms with E-state index in [4.69, 9.17) is 15.2 Å². The Balaban J connectivity index is 0.00000451. The summed E-state index contributed by atoms with van der Waals surface area (Å²) in [5, 5.41) is 14.7. The molecular weight excluding hydrogens is 665 g/mol. The number of H-pyrrole nitrogens is 1. The molecule has 0 aliphatic carbocycles. The summed E-state index contributed by atoms with van der Waals surface area (Å²) in [5.74, 6) is -1.92. The number of hydrogen-bond acceptors (Lipinski definition) is 8. The Morgan fingerprint density at radius 1 is 1.00 bits per heavy atom. The molecule has 3 aromatic carbocycles. The molecule has 1 heterocycles. The number of aromatic carboxylic acids is 1. The number of aromatic nitrogens is 2. The summed E-state index contributed by atoms with van der Waals surface area (Å²) >= 11 is 0. The predicted molar refractivity (Wildman–Crippen MR) is 189 cm³/mol. The number of nitrogens with two attached hydrogens (primary N) is 1. The maximum atomic E-state index is 14.8. The number of nitrogens with one attached hydrogen (secondary N) is 2. The maximum absolute atomic E-state index is 14.8. The zero-order valence-corrected chi connectivity index (χ0v) is 30.7. The monoisotopic (exact) mass is 711 g/mol. The van der Waals surface area contributed by atoms with Crippen molar-refractivity contribution < 1.29 is 63.6 Å². The average Bonchev–Trinajstić information content (AvgIpc) is 3.54. The van der Waals surface area contributed by atoms with Gasteiger partial charge in [0.1, 0.15) is 23.2 Å². The normalized spacial score (nSPS) is 11.8. The summed E-state index contributed by atoms with van der Waals surface area (Å²) in [6, 6.07) is 15.6. The molecule has 0 saturated heterocycles. The van der Waals surface area contributed by atoms with Crippen LogP contribution in [0.3, 0.4) is 0 Å². The number of primary amides is 1. The largest absolute Gasteiger partial charge is 1.00 e. The van der Waals surface area contributed by atoms with Crippen LogP contribution in [-0.4, -0.2) is 68.4 Å². The molecule has 52 heavy (non-hydrogen) atoms. The smallest absolute Gasteiger partial charge is 0.545 e. The fourth-order valence-corrected chi connectivity index (χ4v) is 5.59. The Labute approximate surface area is 314 Å². The third-order valence-electron chi connectivity index (χ3n) is 8.04. The van der Waals surface area contributed by atoms with E-state index in [1.807, 2.05) is 30.3 Å². The summed E-state index contributed by atoms with van der Waals surface area (Å²) in [5.41, 5.74) is 9.12. The first kappa shape index (κ1) is 44.9. The van der Waals surface area contributed by atoms with Gasteiger partial charge in [-0.25, -0.2) is 9.78 Å². The molecule has 0 bridgehead atoms. The number of ether oxygens (including phenoxy) is 2. The molecule has 4 aromatic rings. The molecule has 0 unspecified atom stereocenters. The Morgan fingerprint density at radius 2 is 1.62 bits per heavy atom. The number of methoxy groups -OCH3 is 1. The molecule has 274 valence electrons. The fourth-order valence-electron chi connectivity index (χ4n) is 5.59. The third-order valence-corrected chi connectivity index (χ3v) is 8.04. The van der Waals surface area contributed by atoms with Gasteiger partial charge in [-0.1, -0.05) is 36.4 Å². The molecule has 0 saturated carbocycles. The number of imidazole rings is 1. The zero-order valence-electron chi connectivity index (χ0n) is 30.7. The number of alkyl carbamates (subject to hydrolysis) is 1. The van der Waals surface area contributed by atoms with Crippen molar-refractivity contribution in [2.75, 3.05) is 7.11 Å². The number of carboxylic acid groups (broad SMARTS) is 1. The van der Waals surface area contributed by atoms with Gasteiger partial charge in [0.2, 0.25) is 11.8 Å². The minimum atomic E-state index is -1.43. The number of aryl methyl sites for hydroxylation is 2. The minimum absolute atomic E-state index is 0. The van der Waals surface area contributed by atoms with E-state index in [1.165, 1.54) is 24.1 Å². The SMILES string of the molecule is COc1ccc(CN(C(=O)[C@H](Cc2c(C)cc(C(N)=O)cc2C)NC(=O)OC(C)(C)C)[C@@H](C)c2ncc(-c3ccccc3)[nH]2)cc1C(=O)[O-].O.O.[Li+]. The summed E-state index contributed by atoms with van der Waals surface area (Å²) in [4.78, 5) is 61.2. The Kier molecular flexibility index (Phi) is 16.3. The number of carboxylic acids is 1. The molecule has 3 amide bonds. The van der Waals surface area contributed by atoms with E-state index in [9.17, 15) is 24.3 Å². The number of nitrogens with zero attached hydrogens (tertiary/aromatic N) is 2. The molecule has 4 rings (SSSR count). The summed E-state index contributed by atoms with van der Waals surface area (Å²) in [6.45, 7) is 10.5. The van der Waals surface area contributed by atoms with Crippen molar-refractivity contribution in [1.82, 2.24) is 20.2 Å². The van der Waals surface area contributed by atoms with Gasteiger partial charge in [-0.2, -0.15) is 0 Å². The molecule has 1 aromatic heterocycles. The number of rotatable bonds is 12. The van der Waals surface area contributed by atoms with Gasteiger partial charge < -0.3 is 51.3 Å². The van der Waals surface area contributed by atoms with E-state index in [2.05, 4.69) is 15.3 Å². The van der Waals surface area contributed by atoms with Crippen LogP contribution in [0.15, 0.2) is 66.9 Å². The van der Waals surface area contributed by atoms with Gasteiger partial charge in [0, 0.05) is 24.1 Å². The standard InChI is InChI=1S/C37H43N5O7.Li.2H2O/c1-21-15-26(32(38)43)16-22(2)27(21)18-29(41-36(47)49-37(4,5)6)34(44)42(20-24-13-14-31(48-7)28(17-24)35(45)46)23(3)33-39-19-30(40-33)25-11-9-8-10-12-25;;;/h8-17,19,23,29H,18,20H2,1-7H3,(H2,38,43)(H,39,40)(H,41,47)(H,45,46);;2*1H2/q;+1;;/p-1/t23-,29-;;;/m0.../s1. The van der Waals surface area contributed by atoms with Crippen molar-refractivity contribution in [1.29, 1.82) is 0 Å². The second kappa shape index (κ2) is 18.9. The van der Waals surface area contributed by atoms with Crippen molar-refractivity contribution in [3.63, 3.8) is 0 Å². The van der Waals surface area contributed by atoms with E-state index in [-0.39, 0.29) is 54.1 Å². The first-order chi connectivity index (χ1) is 23.1. The van der Waals surface area contributed by atoms with Gasteiger partial charge in [0.15, 0.2) is 0 Å². The fraction of sp³-hybridized carbons (Fsp3) is 0.324. The van der Waals surface area contributed by atoms with Crippen molar-refractivity contribution in [3.8, 4) is 17.0 Å². The molecule has 0 spiro atoms. The van der Waals surface area contributed by atoms with E-state index >= 15 is 0 Å². The minimum Gasteiger partial charge on any atom is -0.545 e. The average molecular weight is 712 g/mol. The van der Waals surface area contributed by atoms with Crippen LogP contribution >= 0.6 is 0 Å². The van der Waals surface area contributed by atoms with Gasteiger partial charge in [0.25, 0.3) is 0 Å². The van der Waals surface area contributed by atoms with Crippen molar-refractivity contribution in [2.24, 2.45) is 5.73 Å². The van der Waals surface area contributed by atoms with Crippen LogP contribution in [0.4, 0.5) is 4.79 Å². The number of benzene rings is 3. The van der Waals surface area contributed by atoms with Crippen LogP contribution in [-0.2, 0) is 22.5 Å². The molecule has 0 fully saturated rings.